The van der Waals surface area contributed by atoms with E-state index >= 15 is 0 Å². The normalized spacial score (nSPS) is 16.8. The summed E-state index contributed by atoms with van der Waals surface area (Å²) in [5.41, 5.74) is 0.501. The maximum Gasteiger partial charge on any atom is 0.341 e. The van der Waals surface area contributed by atoms with E-state index in [1.807, 2.05) is 17.2 Å². The van der Waals surface area contributed by atoms with Gasteiger partial charge in [-0.05, 0) is 38.0 Å². The van der Waals surface area contributed by atoms with Crippen molar-refractivity contribution in [1.82, 2.24) is 9.88 Å². The van der Waals surface area contributed by atoms with Gasteiger partial charge in [-0.1, -0.05) is 0 Å². The number of thiazole rings is 1. The topological polar surface area (TPSA) is 89.0 Å². The first kappa shape index (κ1) is 19.2. The van der Waals surface area contributed by atoms with Crippen LogP contribution < -0.4 is 9.47 Å². The lowest BCUT2D eigenvalue weighted by Gasteiger charge is -2.32. The van der Waals surface area contributed by atoms with Gasteiger partial charge in [0.05, 0.1) is 11.6 Å². The number of benzene rings is 1. The molecule has 1 aromatic heterocycles. The third-order valence-corrected chi connectivity index (χ3v) is 5.29. The van der Waals surface area contributed by atoms with Gasteiger partial charge in [0, 0.05) is 36.1 Å². The lowest BCUT2D eigenvalue weighted by Crippen LogP contribution is -2.39. The van der Waals surface area contributed by atoms with E-state index in [9.17, 15) is 9.59 Å². The molecule has 27 heavy (non-hydrogen) atoms. The quantitative estimate of drug-likeness (QED) is 0.782. The Morgan fingerprint density at radius 1 is 1.33 bits per heavy atom. The van der Waals surface area contributed by atoms with E-state index in [2.05, 4.69) is 4.98 Å². The van der Waals surface area contributed by atoms with Crippen LogP contribution in [0.25, 0.3) is 0 Å². The van der Waals surface area contributed by atoms with E-state index in [0.29, 0.717) is 36.8 Å². The number of piperidine rings is 1. The van der Waals surface area contributed by atoms with Gasteiger partial charge in [-0.15, -0.1) is 11.3 Å². The molecule has 1 N–H and O–H groups in total. The molecule has 1 fully saturated rings. The van der Waals surface area contributed by atoms with Crippen molar-refractivity contribution in [3.05, 3.63) is 40.3 Å². The van der Waals surface area contributed by atoms with E-state index in [1.165, 1.54) is 0 Å². The number of carbonyl (C=O) groups excluding carboxylic acids is 1. The number of hydrogen-bond donors (Lipinski definition) is 1. The molecule has 1 atom stereocenters. The van der Waals surface area contributed by atoms with Gasteiger partial charge < -0.3 is 19.5 Å². The summed E-state index contributed by atoms with van der Waals surface area (Å²) in [6.07, 6.45) is 3.77. The first-order valence-electron chi connectivity index (χ1n) is 8.88. The molecule has 0 radical (unpaired) electrons. The first-order valence-corrected chi connectivity index (χ1v) is 9.76. The third-order valence-electron chi connectivity index (χ3n) is 4.35. The van der Waals surface area contributed by atoms with Crippen LogP contribution in [0, 0.1) is 0 Å². The molecule has 0 unspecified atom stereocenters. The zero-order valence-electron chi connectivity index (χ0n) is 15.1. The minimum Gasteiger partial charge on any atom is -0.490 e. The summed E-state index contributed by atoms with van der Waals surface area (Å²) < 4.78 is 10.8. The van der Waals surface area contributed by atoms with Crippen molar-refractivity contribution in [3.8, 4) is 11.5 Å². The Balaban J connectivity index is 1.75. The van der Waals surface area contributed by atoms with Crippen molar-refractivity contribution < 1.29 is 24.2 Å². The predicted molar refractivity (Wildman–Crippen MR) is 101 cm³/mol. The van der Waals surface area contributed by atoms with Gasteiger partial charge in [-0.2, -0.15) is 0 Å². The summed E-state index contributed by atoms with van der Waals surface area (Å²) in [6, 6.07) is 4.86. The number of amides is 1. The van der Waals surface area contributed by atoms with Crippen molar-refractivity contribution in [1.29, 1.82) is 0 Å². The number of carboxylic acid groups (broad SMARTS) is 1. The standard InChI is InChI=1S/C19H22N2O5S/c1-2-25-16-10-13(5-6-15(16)26-12-17(22)23)19(24)21-8-3-4-14(11-21)18-20-7-9-27-18/h5-7,9-10,14H,2-4,8,11-12H2,1H3,(H,22,23)/t14-/m1/s1. The number of nitrogens with zero attached hydrogens (tertiary/aromatic N) is 2. The van der Waals surface area contributed by atoms with Crippen LogP contribution in [-0.4, -0.2) is 53.2 Å². The Labute approximate surface area is 161 Å². The summed E-state index contributed by atoms with van der Waals surface area (Å²) in [4.78, 5) is 29.9. The summed E-state index contributed by atoms with van der Waals surface area (Å²) in [7, 11) is 0. The first-order chi connectivity index (χ1) is 13.1. The number of likely N-dealkylation sites (tertiary alicyclic amines) is 1. The Morgan fingerprint density at radius 2 is 2.19 bits per heavy atom. The van der Waals surface area contributed by atoms with Crippen LogP contribution in [0.4, 0.5) is 0 Å². The fraction of sp³-hybridized carbons (Fsp3) is 0.421. The zero-order valence-corrected chi connectivity index (χ0v) is 15.9. The fourth-order valence-electron chi connectivity index (χ4n) is 3.15. The van der Waals surface area contributed by atoms with E-state index in [4.69, 9.17) is 14.6 Å². The highest BCUT2D eigenvalue weighted by molar-refractivity contribution is 7.09. The molecule has 0 saturated carbocycles. The molecule has 1 aliphatic rings. The van der Waals surface area contributed by atoms with Gasteiger partial charge in [0.15, 0.2) is 18.1 Å². The number of rotatable bonds is 7. The Bertz CT molecular complexity index is 793. The molecule has 7 nitrogen and oxygen atoms in total. The molecule has 0 aliphatic carbocycles. The monoisotopic (exact) mass is 390 g/mol. The molecule has 1 aliphatic heterocycles. The molecule has 0 bridgehead atoms. The molecular weight excluding hydrogens is 368 g/mol. The van der Waals surface area contributed by atoms with Crippen molar-refractivity contribution in [2.75, 3.05) is 26.3 Å². The van der Waals surface area contributed by atoms with Gasteiger partial charge >= 0.3 is 5.97 Å². The van der Waals surface area contributed by atoms with Crippen LogP contribution in [0.2, 0.25) is 0 Å². The summed E-state index contributed by atoms with van der Waals surface area (Å²) in [5, 5.41) is 11.8. The summed E-state index contributed by atoms with van der Waals surface area (Å²) in [6.45, 7) is 3.10. The van der Waals surface area contributed by atoms with Crippen molar-refractivity contribution in [2.45, 2.75) is 25.7 Å². The van der Waals surface area contributed by atoms with Crippen molar-refractivity contribution in [3.63, 3.8) is 0 Å². The van der Waals surface area contributed by atoms with Gasteiger partial charge in [-0.3, -0.25) is 4.79 Å². The molecule has 3 rings (SSSR count). The van der Waals surface area contributed by atoms with Gasteiger partial charge in [-0.25, -0.2) is 9.78 Å². The molecule has 2 heterocycles. The summed E-state index contributed by atoms with van der Waals surface area (Å²) >= 11 is 1.62. The molecule has 144 valence electrons. The van der Waals surface area contributed by atoms with Gasteiger partial charge in [0.2, 0.25) is 0 Å². The van der Waals surface area contributed by atoms with Crippen LogP contribution in [0.3, 0.4) is 0 Å². The molecule has 1 aromatic carbocycles. The van der Waals surface area contributed by atoms with Crippen molar-refractivity contribution in [2.24, 2.45) is 0 Å². The average molecular weight is 390 g/mol. The lowest BCUT2D eigenvalue weighted by molar-refractivity contribution is -0.139. The second-order valence-corrected chi connectivity index (χ2v) is 7.16. The maximum atomic E-state index is 13.0. The fourth-order valence-corrected chi connectivity index (χ4v) is 3.92. The predicted octanol–water partition coefficient (Wildman–Crippen LogP) is 3.03. The second-order valence-electron chi connectivity index (χ2n) is 6.24. The molecule has 1 amide bonds. The summed E-state index contributed by atoms with van der Waals surface area (Å²) in [5.74, 6) is -0.179. The van der Waals surface area contributed by atoms with Crippen LogP contribution >= 0.6 is 11.3 Å². The number of carboxylic acids is 1. The highest BCUT2D eigenvalue weighted by Gasteiger charge is 2.27. The van der Waals surface area contributed by atoms with Crippen LogP contribution in [0.1, 0.15) is 41.0 Å². The molecular formula is C19H22N2O5S. The minimum absolute atomic E-state index is 0.0676. The van der Waals surface area contributed by atoms with Crippen LogP contribution in [0.5, 0.6) is 11.5 Å². The Morgan fingerprint density at radius 3 is 2.89 bits per heavy atom. The third kappa shape index (κ3) is 4.77. The number of ether oxygens (including phenoxy) is 2. The largest absolute Gasteiger partial charge is 0.490 e. The highest BCUT2D eigenvalue weighted by Crippen LogP contribution is 2.32. The second kappa shape index (κ2) is 8.85. The number of carbonyl (C=O) groups is 2. The molecule has 1 saturated heterocycles. The Hall–Kier alpha value is -2.61. The lowest BCUT2D eigenvalue weighted by atomic mass is 9.98. The minimum atomic E-state index is -1.07. The van der Waals surface area contributed by atoms with E-state index in [0.717, 1.165) is 17.8 Å². The van der Waals surface area contributed by atoms with E-state index < -0.39 is 12.6 Å². The highest BCUT2D eigenvalue weighted by atomic mass is 32.1. The Kier molecular flexibility index (Phi) is 6.28. The van der Waals surface area contributed by atoms with Gasteiger partial charge in [0.25, 0.3) is 5.91 Å². The number of aromatic nitrogens is 1. The van der Waals surface area contributed by atoms with E-state index in [-0.39, 0.29) is 11.8 Å². The van der Waals surface area contributed by atoms with Crippen LogP contribution in [0.15, 0.2) is 29.8 Å². The smallest absolute Gasteiger partial charge is 0.341 e. The molecule has 0 spiro atoms. The van der Waals surface area contributed by atoms with Crippen molar-refractivity contribution >= 4 is 23.2 Å². The number of hydrogen-bond acceptors (Lipinski definition) is 6. The zero-order chi connectivity index (χ0) is 19.2. The molecule has 2 aromatic rings. The SMILES string of the molecule is CCOc1cc(C(=O)N2CCC[C@@H](c3nccs3)C2)ccc1OCC(=O)O. The average Bonchev–Trinajstić information content (AvgIpc) is 3.21. The van der Waals surface area contributed by atoms with Crippen LogP contribution in [-0.2, 0) is 4.79 Å². The van der Waals surface area contributed by atoms with E-state index in [1.54, 1.807) is 35.7 Å². The number of aliphatic carboxylic acids is 1. The molecule has 8 heteroatoms. The maximum absolute atomic E-state index is 13.0. The van der Waals surface area contributed by atoms with Gasteiger partial charge in [0.1, 0.15) is 0 Å².